The van der Waals surface area contributed by atoms with E-state index in [1.807, 2.05) is 49.0 Å². The molecule has 1 saturated heterocycles. The molecule has 1 unspecified atom stereocenters. The maximum Gasteiger partial charge on any atom is 0.412 e. The highest BCUT2D eigenvalue weighted by molar-refractivity contribution is 5.95. The Bertz CT molecular complexity index is 1260. The number of nitrogens with zero attached hydrogens (tertiary/aromatic N) is 3. The number of amides is 1. The fourth-order valence-corrected chi connectivity index (χ4v) is 4.12. The van der Waals surface area contributed by atoms with E-state index < -0.39 is 11.7 Å². The van der Waals surface area contributed by atoms with Crippen molar-refractivity contribution in [2.45, 2.75) is 38.3 Å². The number of alkyl halides is 3. The molecule has 0 bridgehead atoms. The zero-order valence-corrected chi connectivity index (χ0v) is 22.2. The van der Waals surface area contributed by atoms with Crippen LogP contribution in [0.1, 0.15) is 59.5 Å². The zero-order valence-electron chi connectivity index (χ0n) is 22.2. The number of imidazole rings is 1. The summed E-state index contributed by atoms with van der Waals surface area (Å²) in [4.78, 5) is 21.0. The molecule has 208 valence electrons. The molecule has 1 aromatic heterocycles. The topological polar surface area (TPSA) is 97.3 Å². The van der Waals surface area contributed by atoms with Gasteiger partial charge in [0, 0.05) is 49.6 Å². The lowest BCUT2D eigenvalue weighted by Crippen LogP contribution is -2.28. The molecule has 2 heterocycles. The van der Waals surface area contributed by atoms with Crippen molar-refractivity contribution in [2.24, 2.45) is 17.8 Å². The normalized spacial score (nSPS) is 17.8. The van der Waals surface area contributed by atoms with Crippen molar-refractivity contribution < 1.29 is 18.0 Å². The van der Waals surface area contributed by atoms with Crippen LogP contribution >= 0.6 is 0 Å². The number of rotatable bonds is 6. The smallest absolute Gasteiger partial charge is 0.381 e. The van der Waals surface area contributed by atoms with Crippen molar-refractivity contribution in [1.29, 1.82) is 0 Å². The van der Waals surface area contributed by atoms with Gasteiger partial charge in [0.05, 0.1) is 5.69 Å². The number of aromatic nitrogens is 2. The molecular formula is C29H35F3N6O. The molecule has 7 nitrogen and oxygen atoms in total. The van der Waals surface area contributed by atoms with Crippen LogP contribution in [0.2, 0.25) is 0 Å². The number of amidine groups is 1. The number of nitrogens with one attached hydrogen (secondary N) is 2. The molecular weight excluding hydrogens is 505 g/mol. The third-order valence-electron chi connectivity index (χ3n) is 6.16. The second-order valence-electron chi connectivity index (χ2n) is 9.17. The first-order valence-electron chi connectivity index (χ1n) is 12.9. The Kier molecular flexibility index (Phi) is 10.9. The van der Waals surface area contributed by atoms with Crippen LogP contribution in [0.4, 0.5) is 13.2 Å². The minimum absolute atomic E-state index is 0.0313. The number of carbonyl (C=O) groups excluding carboxylic acids is 1. The van der Waals surface area contributed by atoms with Gasteiger partial charge >= 0.3 is 6.18 Å². The maximum atomic E-state index is 12.0. The summed E-state index contributed by atoms with van der Waals surface area (Å²) in [7, 11) is 1.93. The highest BCUT2D eigenvalue weighted by atomic mass is 19.4. The fourth-order valence-electron chi connectivity index (χ4n) is 4.12. The van der Waals surface area contributed by atoms with Crippen LogP contribution in [0.25, 0.3) is 6.08 Å². The van der Waals surface area contributed by atoms with Gasteiger partial charge in [0.15, 0.2) is 11.7 Å². The highest BCUT2D eigenvalue weighted by Gasteiger charge is 2.32. The SMILES string of the molecule is CCNC(=O)c1cccc(/C=C/N=C(N)c2nc(C3CCCNC3)cn2C)c1.FC(F)(F)C1=CC=CC=CC1. The summed E-state index contributed by atoms with van der Waals surface area (Å²) in [6, 6.07) is 7.37. The van der Waals surface area contributed by atoms with Crippen molar-refractivity contribution in [3.63, 3.8) is 0 Å². The molecule has 0 radical (unpaired) electrons. The summed E-state index contributed by atoms with van der Waals surface area (Å²) >= 11 is 0. The van der Waals surface area contributed by atoms with Gasteiger partial charge in [0.25, 0.3) is 5.91 Å². The first-order chi connectivity index (χ1) is 18.7. The van der Waals surface area contributed by atoms with Crippen LogP contribution in [0.5, 0.6) is 0 Å². The molecule has 0 saturated carbocycles. The van der Waals surface area contributed by atoms with Gasteiger partial charge < -0.3 is 20.9 Å². The van der Waals surface area contributed by atoms with Crippen molar-refractivity contribution in [3.8, 4) is 0 Å². The van der Waals surface area contributed by atoms with Crippen molar-refractivity contribution in [2.75, 3.05) is 19.6 Å². The van der Waals surface area contributed by atoms with E-state index in [0.717, 1.165) is 43.3 Å². The van der Waals surface area contributed by atoms with Crippen LogP contribution in [0.15, 0.2) is 77.6 Å². The second kappa shape index (κ2) is 14.3. The quantitative estimate of drug-likeness (QED) is 0.355. The minimum Gasteiger partial charge on any atom is -0.381 e. The lowest BCUT2D eigenvalue weighted by atomic mass is 9.97. The number of hydrogen-bond donors (Lipinski definition) is 3. The molecule has 1 amide bonds. The van der Waals surface area contributed by atoms with Gasteiger partial charge in [-0.3, -0.25) is 4.79 Å². The molecule has 2 aliphatic rings. The Morgan fingerprint density at radius 2 is 2.13 bits per heavy atom. The van der Waals surface area contributed by atoms with Crippen LogP contribution in [0, 0.1) is 0 Å². The standard InChI is InChI=1S/C21H28N6O.C8H7F3/c1-3-24-21(28)16-7-4-6-15(12-16)9-11-25-19(22)20-26-18(14-27(20)2)17-8-5-10-23-13-17;9-8(10,11)7-5-3-1-2-4-6-7/h4,6-7,9,11-12,14,17,23H,3,5,8,10,13H2,1-2H3,(H2,22,25)(H,24,28);1-5H,6H2/b11-9+;. The molecule has 1 fully saturated rings. The van der Waals surface area contributed by atoms with Crippen molar-refractivity contribution >= 4 is 17.8 Å². The van der Waals surface area contributed by atoms with E-state index in [-0.39, 0.29) is 12.3 Å². The first-order valence-corrected chi connectivity index (χ1v) is 12.9. The third-order valence-corrected chi connectivity index (χ3v) is 6.16. The van der Waals surface area contributed by atoms with Crippen molar-refractivity contribution in [3.05, 3.63) is 95.3 Å². The van der Waals surface area contributed by atoms with E-state index in [1.54, 1.807) is 24.4 Å². The van der Waals surface area contributed by atoms with Gasteiger partial charge in [-0.25, -0.2) is 9.98 Å². The number of carbonyl (C=O) groups is 1. The van der Waals surface area contributed by atoms with E-state index in [4.69, 9.17) is 10.7 Å². The summed E-state index contributed by atoms with van der Waals surface area (Å²) in [5, 5.41) is 6.21. The summed E-state index contributed by atoms with van der Waals surface area (Å²) in [5.41, 5.74) is 8.22. The van der Waals surface area contributed by atoms with E-state index >= 15 is 0 Å². The Balaban J connectivity index is 0.000000320. The summed E-state index contributed by atoms with van der Waals surface area (Å²) < 4.78 is 37.9. The third kappa shape index (κ3) is 9.10. The van der Waals surface area contributed by atoms with Crippen molar-refractivity contribution in [1.82, 2.24) is 20.2 Å². The second-order valence-corrected chi connectivity index (χ2v) is 9.17. The lowest BCUT2D eigenvalue weighted by Gasteiger charge is -2.20. The van der Waals surface area contributed by atoms with Crippen LogP contribution in [-0.2, 0) is 7.05 Å². The van der Waals surface area contributed by atoms with Crippen LogP contribution in [-0.4, -0.2) is 47.1 Å². The van der Waals surface area contributed by atoms with Crippen LogP contribution in [0.3, 0.4) is 0 Å². The number of halogens is 3. The predicted molar refractivity (Wildman–Crippen MR) is 149 cm³/mol. The van der Waals surface area contributed by atoms with Gasteiger partial charge in [-0.2, -0.15) is 13.2 Å². The van der Waals surface area contributed by atoms with Crippen LogP contribution < -0.4 is 16.4 Å². The molecule has 2 aromatic rings. The minimum atomic E-state index is -4.18. The zero-order chi connectivity index (χ0) is 28.3. The Hall–Kier alpha value is -3.92. The first kappa shape index (κ1) is 29.6. The molecule has 1 aromatic carbocycles. The average Bonchev–Trinajstić information content (AvgIpc) is 3.11. The lowest BCUT2D eigenvalue weighted by molar-refractivity contribution is -0.0928. The maximum absolute atomic E-state index is 12.0. The molecule has 4 rings (SSSR count). The van der Waals surface area contributed by atoms with Gasteiger partial charge in [-0.05, 0) is 56.5 Å². The molecule has 0 spiro atoms. The summed E-state index contributed by atoms with van der Waals surface area (Å²) in [6.07, 6.45) is 10.8. The molecule has 1 aliphatic carbocycles. The Morgan fingerprint density at radius 1 is 1.31 bits per heavy atom. The largest absolute Gasteiger partial charge is 0.412 e. The summed E-state index contributed by atoms with van der Waals surface area (Å²) in [5.74, 6) is 1.38. The fraction of sp³-hybridized carbons (Fsp3) is 0.345. The number of benzene rings is 1. The monoisotopic (exact) mass is 540 g/mol. The number of aliphatic imine (C=N–C) groups is 1. The van der Waals surface area contributed by atoms with E-state index in [1.165, 1.54) is 12.2 Å². The molecule has 4 N–H and O–H groups in total. The Morgan fingerprint density at radius 3 is 2.85 bits per heavy atom. The van der Waals surface area contributed by atoms with Gasteiger partial charge in [0.1, 0.15) is 0 Å². The number of aryl methyl sites for hydroxylation is 1. The average molecular weight is 541 g/mol. The van der Waals surface area contributed by atoms with E-state index in [2.05, 4.69) is 15.6 Å². The van der Waals surface area contributed by atoms with Gasteiger partial charge in [-0.15, -0.1) is 0 Å². The number of allylic oxidation sites excluding steroid dienone is 6. The summed E-state index contributed by atoms with van der Waals surface area (Å²) in [6.45, 7) is 4.52. The van der Waals surface area contributed by atoms with Gasteiger partial charge in [0.2, 0.25) is 0 Å². The van der Waals surface area contributed by atoms with E-state index in [9.17, 15) is 18.0 Å². The number of hydrogen-bond acceptors (Lipinski definition) is 4. The molecule has 1 atom stereocenters. The Labute approximate surface area is 227 Å². The molecule has 10 heteroatoms. The molecule has 39 heavy (non-hydrogen) atoms. The number of piperidine rings is 1. The number of nitrogens with two attached hydrogens (primary N) is 1. The highest BCUT2D eigenvalue weighted by Crippen LogP contribution is 2.29. The predicted octanol–water partition coefficient (Wildman–Crippen LogP) is 5.00. The van der Waals surface area contributed by atoms with E-state index in [0.29, 0.717) is 29.7 Å². The van der Waals surface area contributed by atoms with Gasteiger partial charge in [-0.1, -0.05) is 42.5 Å². The molecule has 1 aliphatic heterocycles.